The van der Waals surface area contributed by atoms with Gasteiger partial charge in [-0.25, -0.2) is 0 Å². The van der Waals surface area contributed by atoms with Crippen LogP contribution in [0.15, 0.2) is 54.6 Å². The second-order valence-corrected chi connectivity index (χ2v) is 14.2. The number of phenols is 1. The van der Waals surface area contributed by atoms with Gasteiger partial charge in [0, 0.05) is 17.7 Å². The molecule has 0 bridgehead atoms. The molecule has 0 heterocycles. The molecule has 0 radical (unpaired) electrons. The Bertz CT molecular complexity index is 1440. The summed E-state index contributed by atoms with van der Waals surface area (Å²) in [7, 11) is 0. The molecule has 246 valence electrons. The number of anilines is 2. The Balaban J connectivity index is 1.95. The molecule has 4 N–H and O–H groups in total. The lowest BCUT2D eigenvalue weighted by Gasteiger charge is -2.31. The molecule has 0 saturated carbocycles. The van der Waals surface area contributed by atoms with Gasteiger partial charge in [-0.1, -0.05) is 99.9 Å². The van der Waals surface area contributed by atoms with Crippen LogP contribution in [0.25, 0.3) is 0 Å². The van der Waals surface area contributed by atoms with E-state index < -0.39 is 6.10 Å². The minimum absolute atomic E-state index is 0.0240. The van der Waals surface area contributed by atoms with Crippen LogP contribution in [0.3, 0.4) is 0 Å². The Kier molecular flexibility index (Phi) is 11.6. The molecule has 0 spiro atoms. The van der Waals surface area contributed by atoms with E-state index in [9.17, 15) is 9.90 Å². The second-order valence-electron chi connectivity index (χ2n) is 14.2. The Morgan fingerprint density at radius 2 is 1.38 bits per heavy atom. The summed E-state index contributed by atoms with van der Waals surface area (Å²) in [4.78, 5) is 13.9. The van der Waals surface area contributed by atoms with E-state index in [4.69, 9.17) is 15.2 Å². The Morgan fingerprint density at radius 3 is 1.96 bits per heavy atom. The number of nitrogens with one attached hydrogen (secondary N) is 1. The van der Waals surface area contributed by atoms with Gasteiger partial charge in [-0.2, -0.15) is 0 Å². The standard InChI is InChI=1S/C39H56N2O4/c1-11-15-16-34(45-33-22-19-27(38(7,8)13-3)23-29(33)39(9,10)14-4)36(43)41-31-25-32(42)30(40)24-35(31)44-28-20-17-26(18-21-28)37(5,6)12-2/h17-25,34,42H,11-16,40H2,1-10H3,(H,41,43). The Morgan fingerprint density at radius 1 is 0.800 bits per heavy atom. The van der Waals surface area contributed by atoms with E-state index in [1.807, 2.05) is 18.2 Å². The molecule has 0 aromatic heterocycles. The van der Waals surface area contributed by atoms with Gasteiger partial charge in [-0.05, 0) is 77.7 Å². The number of unbranched alkanes of at least 4 members (excludes halogenated alkanes) is 1. The molecule has 6 nitrogen and oxygen atoms in total. The highest BCUT2D eigenvalue weighted by molar-refractivity contribution is 5.96. The van der Waals surface area contributed by atoms with E-state index >= 15 is 0 Å². The van der Waals surface area contributed by atoms with Crippen LogP contribution in [-0.4, -0.2) is 17.1 Å². The van der Waals surface area contributed by atoms with Crippen LogP contribution in [0.4, 0.5) is 11.4 Å². The number of hydrogen-bond donors (Lipinski definition) is 3. The van der Waals surface area contributed by atoms with Crippen molar-refractivity contribution in [2.75, 3.05) is 11.1 Å². The molecule has 0 fully saturated rings. The lowest BCUT2D eigenvalue weighted by molar-refractivity contribution is -0.123. The average molecular weight is 617 g/mol. The molecule has 0 aliphatic rings. The van der Waals surface area contributed by atoms with E-state index in [1.54, 1.807) is 0 Å². The molecular weight excluding hydrogens is 560 g/mol. The van der Waals surface area contributed by atoms with Gasteiger partial charge in [0.1, 0.15) is 17.2 Å². The summed E-state index contributed by atoms with van der Waals surface area (Å²) < 4.78 is 12.8. The summed E-state index contributed by atoms with van der Waals surface area (Å²) in [5.41, 5.74) is 10.0. The minimum Gasteiger partial charge on any atom is -0.506 e. The summed E-state index contributed by atoms with van der Waals surface area (Å²) >= 11 is 0. The number of nitrogens with two attached hydrogens (primary N) is 1. The Labute approximate surface area is 271 Å². The van der Waals surface area contributed by atoms with E-state index in [0.717, 1.165) is 43.4 Å². The highest BCUT2D eigenvalue weighted by Crippen LogP contribution is 2.40. The van der Waals surface area contributed by atoms with Gasteiger partial charge in [-0.15, -0.1) is 0 Å². The quantitative estimate of drug-likeness (QED) is 0.117. The van der Waals surface area contributed by atoms with E-state index in [1.165, 1.54) is 23.3 Å². The zero-order chi connectivity index (χ0) is 33.6. The van der Waals surface area contributed by atoms with Crippen molar-refractivity contribution in [1.29, 1.82) is 0 Å². The number of carbonyl (C=O) groups is 1. The number of benzene rings is 3. The predicted molar refractivity (Wildman–Crippen MR) is 188 cm³/mol. The third-order valence-electron chi connectivity index (χ3n) is 9.77. The molecule has 1 unspecified atom stereocenters. The first-order valence-corrected chi connectivity index (χ1v) is 16.6. The fourth-order valence-corrected chi connectivity index (χ4v) is 5.05. The van der Waals surface area contributed by atoms with Crippen molar-refractivity contribution >= 4 is 17.3 Å². The maximum atomic E-state index is 13.9. The van der Waals surface area contributed by atoms with Crippen LogP contribution < -0.4 is 20.5 Å². The van der Waals surface area contributed by atoms with E-state index in [0.29, 0.717) is 23.6 Å². The van der Waals surface area contributed by atoms with Crippen molar-refractivity contribution in [3.8, 4) is 23.0 Å². The summed E-state index contributed by atoms with van der Waals surface area (Å²) in [5.74, 6) is 1.22. The minimum atomic E-state index is -0.746. The van der Waals surface area contributed by atoms with E-state index in [-0.39, 0.29) is 33.6 Å². The SMILES string of the molecule is CCCCC(Oc1ccc(C(C)(C)CC)cc1C(C)(C)CC)C(=O)Nc1cc(O)c(N)cc1Oc1ccc(C(C)(C)CC)cc1. The molecule has 3 rings (SSSR count). The van der Waals surface area contributed by atoms with Gasteiger partial charge >= 0.3 is 0 Å². The molecule has 0 aliphatic carbocycles. The van der Waals surface area contributed by atoms with Crippen molar-refractivity contribution in [1.82, 2.24) is 0 Å². The van der Waals surface area contributed by atoms with Gasteiger partial charge in [0.25, 0.3) is 5.91 Å². The molecule has 0 aliphatic heterocycles. The van der Waals surface area contributed by atoms with Crippen molar-refractivity contribution < 1.29 is 19.4 Å². The number of hydrogen-bond acceptors (Lipinski definition) is 5. The van der Waals surface area contributed by atoms with Gasteiger partial charge in [0.2, 0.25) is 0 Å². The third-order valence-corrected chi connectivity index (χ3v) is 9.77. The number of aromatic hydroxyl groups is 1. The molecular formula is C39H56N2O4. The van der Waals surface area contributed by atoms with Crippen LogP contribution in [-0.2, 0) is 21.0 Å². The molecule has 1 atom stereocenters. The summed E-state index contributed by atoms with van der Waals surface area (Å²) in [5, 5.41) is 13.5. The highest BCUT2D eigenvalue weighted by Gasteiger charge is 2.30. The first-order chi connectivity index (χ1) is 21.1. The fraction of sp³-hybridized carbons (Fsp3) is 0.513. The van der Waals surface area contributed by atoms with Crippen molar-refractivity contribution in [3.05, 3.63) is 71.3 Å². The van der Waals surface area contributed by atoms with Gasteiger partial charge in [0.15, 0.2) is 11.9 Å². The van der Waals surface area contributed by atoms with Gasteiger partial charge in [0.05, 0.1) is 11.4 Å². The monoisotopic (exact) mass is 616 g/mol. The summed E-state index contributed by atoms with van der Waals surface area (Å²) in [6.07, 6.45) is 4.49. The number of amides is 1. The predicted octanol–water partition coefficient (Wildman–Crippen LogP) is 10.4. The van der Waals surface area contributed by atoms with Crippen LogP contribution in [0.1, 0.15) is 124 Å². The lowest BCUT2D eigenvalue weighted by atomic mass is 9.76. The lowest BCUT2D eigenvalue weighted by Crippen LogP contribution is -2.34. The molecule has 1 amide bonds. The molecule has 3 aromatic rings. The number of ether oxygens (including phenoxy) is 2. The second kappa shape index (κ2) is 14.6. The maximum Gasteiger partial charge on any atom is 0.265 e. The van der Waals surface area contributed by atoms with Gasteiger partial charge < -0.3 is 25.6 Å². The third kappa shape index (κ3) is 8.74. The highest BCUT2D eigenvalue weighted by atomic mass is 16.5. The Hall–Kier alpha value is -3.67. The smallest absolute Gasteiger partial charge is 0.265 e. The zero-order valence-electron chi connectivity index (χ0n) is 29.3. The summed E-state index contributed by atoms with van der Waals surface area (Å²) in [6, 6.07) is 17.3. The van der Waals surface area contributed by atoms with Crippen molar-refractivity contribution in [2.45, 2.75) is 130 Å². The topological polar surface area (TPSA) is 93.8 Å². The molecule has 3 aromatic carbocycles. The van der Waals surface area contributed by atoms with Crippen LogP contribution in [0, 0.1) is 0 Å². The molecule has 45 heavy (non-hydrogen) atoms. The zero-order valence-corrected chi connectivity index (χ0v) is 29.3. The van der Waals surface area contributed by atoms with Gasteiger partial charge in [-0.3, -0.25) is 4.79 Å². The summed E-state index contributed by atoms with van der Waals surface area (Å²) in [6.45, 7) is 22.0. The average Bonchev–Trinajstić information content (AvgIpc) is 3.01. The van der Waals surface area contributed by atoms with Crippen molar-refractivity contribution in [2.24, 2.45) is 0 Å². The van der Waals surface area contributed by atoms with Crippen LogP contribution >= 0.6 is 0 Å². The number of rotatable bonds is 15. The molecule has 0 saturated heterocycles. The number of phenolic OH excluding ortho intramolecular Hbond substituents is 1. The first kappa shape index (κ1) is 35.8. The van der Waals surface area contributed by atoms with Crippen LogP contribution in [0.5, 0.6) is 23.0 Å². The normalized spacial score (nSPS) is 12.9. The van der Waals surface area contributed by atoms with Crippen LogP contribution in [0.2, 0.25) is 0 Å². The van der Waals surface area contributed by atoms with E-state index in [2.05, 4.69) is 98.8 Å². The number of carbonyl (C=O) groups excluding carboxylic acids is 1. The maximum absolute atomic E-state index is 13.9. The largest absolute Gasteiger partial charge is 0.506 e. The first-order valence-electron chi connectivity index (χ1n) is 16.6. The molecule has 6 heteroatoms. The fourth-order valence-electron chi connectivity index (χ4n) is 5.05. The van der Waals surface area contributed by atoms with Crippen molar-refractivity contribution in [3.63, 3.8) is 0 Å². The number of nitrogen functional groups attached to an aromatic ring is 1.